The molecule has 0 spiro atoms. The van der Waals surface area contributed by atoms with Crippen molar-refractivity contribution < 1.29 is 9.90 Å². The maximum atomic E-state index is 12.8. The van der Waals surface area contributed by atoms with Gasteiger partial charge in [-0.15, -0.1) is 0 Å². The van der Waals surface area contributed by atoms with Crippen molar-refractivity contribution in [3.05, 3.63) is 65.0 Å². The summed E-state index contributed by atoms with van der Waals surface area (Å²) in [6.45, 7) is 6.24. The first-order chi connectivity index (χ1) is 13.2. The molecule has 1 amide bonds. The van der Waals surface area contributed by atoms with Crippen molar-refractivity contribution in [2.24, 2.45) is 0 Å². The van der Waals surface area contributed by atoms with Crippen molar-refractivity contribution in [2.75, 3.05) is 13.6 Å². The molecule has 2 aromatic carbocycles. The van der Waals surface area contributed by atoms with E-state index in [4.69, 9.17) is 0 Å². The Labute approximate surface area is 166 Å². The van der Waals surface area contributed by atoms with Crippen molar-refractivity contribution in [1.82, 2.24) is 14.9 Å². The number of aromatic nitrogens is 2. The van der Waals surface area contributed by atoms with Crippen LogP contribution in [0.1, 0.15) is 47.6 Å². The number of fused-ring (bicyclic) bond motifs is 1. The summed E-state index contributed by atoms with van der Waals surface area (Å²) in [7, 11) is 1.82. The zero-order chi connectivity index (χ0) is 20.3. The van der Waals surface area contributed by atoms with Crippen LogP contribution in [0.25, 0.3) is 11.0 Å². The van der Waals surface area contributed by atoms with E-state index in [0.717, 1.165) is 34.4 Å². The summed E-state index contributed by atoms with van der Waals surface area (Å²) in [4.78, 5) is 22.5. The number of nitrogens with zero attached hydrogens (tertiary/aromatic N) is 2. The number of carbonyl (C=O) groups excluding carboxylic acids is 1. The minimum Gasteiger partial charge on any atom is -0.390 e. The van der Waals surface area contributed by atoms with Gasteiger partial charge in [0.1, 0.15) is 5.82 Å². The molecule has 5 heteroatoms. The number of imidazole rings is 1. The van der Waals surface area contributed by atoms with E-state index < -0.39 is 5.60 Å². The third-order valence-electron chi connectivity index (χ3n) is 4.99. The minimum atomic E-state index is -0.707. The molecule has 1 aromatic heterocycles. The fraction of sp³-hybridized carbons (Fsp3) is 0.391. The molecular formula is C23H29N3O2. The Kier molecular flexibility index (Phi) is 5.84. The van der Waals surface area contributed by atoms with Gasteiger partial charge in [0.05, 0.1) is 16.6 Å². The SMILES string of the molecule is Cc1cccc2[nH]c(CCN(C)C(=O)c3cccc(CCC(C)(C)O)c3)nc12. The van der Waals surface area contributed by atoms with Crippen LogP contribution in [0, 0.1) is 6.92 Å². The number of likely N-dealkylation sites (N-methyl/N-ethyl adjacent to an activating group) is 1. The van der Waals surface area contributed by atoms with Crippen LogP contribution in [0.5, 0.6) is 0 Å². The molecule has 0 fully saturated rings. The molecule has 0 aliphatic carbocycles. The van der Waals surface area contributed by atoms with E-state index in [1.54, 1.807) is 18.7 Å². The Hall–Kier alpha value is -2.66. The Bertz CT molecular complexity index is 969. The summed E-state index contributed by atoms with van der Waals surface area (Å²) >= 11 is 0. The maximum Gasteiger partial charge on any atom is 0.253 e. The highest BCUT2D eigenvalue weighted by Crippen LogP contribution is 2.17. The van der Waals surface area contributed by atoms with E-state index >= 15 is 0 Å². The van der Waals surface area contributed by atoms with Crippen molar-refractivity contribution in [2.45, 2.75) is 45.6 Å². The van der Waals surface area contributed by atoms with E-state index in [2.05, 4.69) is 9.97 Å². The second kappa shape index (κ2) is 8.15. The molecule has 0 saturated carbocycles. The maximum absolute atomic E-state index is 12.8. The van der Waals surface area contributed by atoms with E-state index in [-0.39, 0.29) is 5.91 Å². The predicted molar refractivity (Wildman–Crippen MR) is 113 cm³/mol. The lowest BCUT2D eigenvalue weighted by Crippen LogP contribution is -2.29. The zero-order valence-corrected chi connectivity index (χ0v) is 17.1. The molecule has 5 nitrogen and oxygen atoms in total. The highest BCUT2D eigenvalue weighted by Gasteiger charge is 2.15. The topological polar surface area (TPSA) is 69.2 Å². The lowest BCUT2D eigenvalue weighted by Gasteiger charge is -2.18. The Morgan fingerprint density at radius 1 is 1.18 bits per heavy atom. The fourth-order valence-electron chi connectivity index (χ4n) is 3.25. The van der Waals surface area contributed by atoms with E-state index in [0.29, 0.717) is 24.9 Å². The van der Waals surface area contributed by atoms with Crippen LogP contribution in [0.4, 0.5) is 0 Å². The molecule has 28 heavy (non-hydrogen) atoms. The summed E-state index contributed by atoms with van der Waals surface area (Å²) in [6.07, 6.45) is 2.08. The van der Waals surface area contributed by atoms with Gasteiger partial charge in [-0.2, -0.15) is 0 Å². The van der Waals surface area contributed by atoms with Gasteiger partial charge in [0, 0.05) is 25.6 Å². The molecule has 0 radical (unpaired) electrons. The average Bonchev–Trinajstić information content (AvgIpc) is 3.08. The van der Waals surface area contributed by atoms with Gasteiger partial charge >= 0.3 is 0 Å². The highest BCUT2D eigenvalue weighted by molar-refractivity contribution is 5.94. The number of nitrogens with one attached hydrogen (secondary N) is 1. The van der Waals surface area contributed by atoms with Crippen LogP contribution in [0.3, 0.4) is 0 Å². The van der Waals surface area contributed by atoms with Gasteiger partial charge in [-0.25, -0.2) is 4.98 Å². The largest absolute Gasteiger partial charge is 0.390 e. The lowest BCUT2D eigenvalue weighted by atomic mass is 9.98. The van der Waals surface area contributed by atoms with Crippen LogP contribution < -0.4 is 0 Å². The monoisotopic (exact) mass is 379 g/mol. The third-order valence-corrected chi connectivity index (χ3v) is 4.99. The van der Waals surface area contributed by atoms with Gasteiger partial charge in [-0.05, 0) is 62.9 Å². The van der Waals surface area contributed by atoms with Crippen LogP contribution in [0.15, 0.2) is 42.5 Å². The first-order valence-electron chi connectivity index (χ1n) is 9.74. The van der Waals surface area contributed by atoms with Crippen molar-refractivity contribution in [1.29, 1.82) is 0 Å². The smallest absolute Gasteiger partial charge is 0.253 e. The lowest BCUT2D eigenvalue weighted by molar-refractivity contribution is 0.0714. The number of para-hydroxylation sites is 1. The van der Waals surface area contributed by atoms with Crippen LogP contribution >= 0.6 is 0 Å². The summed E-state index contributed by atoms with van der Waals surface area (Å²) in [6, 6.07) is 13.8. The third kappa shape index (κ3) is 4.98. The molecule has 0 aliphatic heterocycles. The number of rotatable bonds is 7. The van der Waals surface area contributed by atoms with Gasteiger partial charge in [-0.1, -0.05) is 24.3 Å². The molecule has 0 unspecified atom stereocenters. The quantitative estimate of drug-likeness (QED) is 0.654. The number of hydrogen-bond donors (Lipinski definition) is 2. The van der Waals surface area contributed by atoms with Crippen molar-refractivity contribution in [3.63, 3.8) is 0 Å². The molecule has 3 aromatic rings. The Morgan fingerprint density at radius 2 is 1.93 bits per heavy atom. The Balaban J connectivity index is 1.63. The predicted octanol–water partition coefficient (Wildman–Crippen LogP) is 3.89. The summed E-state index contributed by atoms with van der Waals surface area (Å²) in [5, 5.41) is 9.91. The highest BCUT2D eigenvalue weighted by atomic mass is 16.3. The molecule has 0 saturated heterocycles. The molecule has 148 valence electrons. The van der Waals surface area contributed by atoms with Gasteiger partial charge in [0.25, 0.3) is 5.91 Å². The zero-order valence-electron chi connectivity index (χ0n) is 17.1. The molecule has 0 atom stereocenters. The van der Waals surface area contributed by atoms with Gasteiger partial charge < -0.3 is 15.0 Å². The number of hydrogen-bond acceptors (Lipinski definition) is 3. The molecule has 0 aliphatic rings. The number of aryl methyl sites for hydroxylation is 2. The van der Waals surface area contributed by atoms with Crippen molar-refractivity contribution in [3.8, 4) is 0 Å². The number of H-pyrrole nitrogens is 1. The second-order valence-corrected chi connectivity index (χ2v) is 8.14. The first kappa shape index (κ1) is 20.1. The molecular weight excluding hydrogens is 350 g/mol. The first-order valence-corrected chi connectivity index (χ1v) is 9.74. The molecule has 3 rings (SSSR count). The van der Waals surface area contributed by atoms with Gasteiger partial charge in [0.2, 0.25) is 0 Å². The number of aliphatic hydroxyl groups is 1. The minimum absolute atomic E-state index is 0.00241. The van der Waals surface area contributed by atoms with Crippen LogP contribution in [0.2, 0.25) is 0 Å². The summed E-state index contributed by atoms with van der Waals surface area (Å²) in [5.41, 5.74) is 4.20. The molecule has 0 bridgehead atoms. The van der Waals surface area contributed by atoms with Crippen molar-refractivity contribution >= 4 is 16.9 Å². The number of aromatic amines is 1. The number of amides is 1. The van der Waals surface area contributed by atoms with Crippen LogP contribution in [-0.2, 0) is 12.8 Å². The van der Waals surface area contributed by atoms with Crippen LogP contribution in [-0.4, -0.2) is 45.1 Å². The normalized spacial score (nSPS) is 11.8. The number of benzene rings is 2. The van der Waals surface area contributed by atoms with E-state index in [1.165, 1.54) is 0 Å². The van der Waals surface area contributed by atoms with E-state index in [1.807, 2.05) is 56.4 Å². The van der Waals surface area contributed by atoms with Gasteiger partial charge in [0.15, 0.2) is 0 Å². The molecule has 1 heterocycles. The standard InChI is InChI=1S/C23H29N3O2/c1-16-7-5-10-19-21(16)25-20(24-19)12-14-26(4)22(27)18-9-6-8-17(15-18)11-13-23(2,3)28/h5-10,15,28H,11-14H2,1-4H3,(H,24,25). The second-order valence-electron chi connectivity index (χ2n) is 8.14. The molecule has 2 N–H and O–H groups in total. The summed E-state index contributed by atoms with van der Waals surface area (Å²) < 4.78 is 0. The summed E-state index contributed by atoms with van der Waals surface area (Å²) in [5.74, 6) is 0.889. The fourth-order valence-corrected chi connectivity index (χ4v) is 3.25. The van der Waals surface area contributed by atoms with Gasteiger partial charge in [-0.3, -0.25) is 4.79 Å². The Morgan fingerprint density at radius 3 is 2.64 bits per heavy atom. The average molecular weight is 380 g/mol. The van der Waals surface area contributed by atoms with E-state index in [9.17, 15) is 9.90 Å². The number of carbonyl (C=O) groups is 1.